The lowest BCUT2D eigenvalue weighted by Crippen LogP contribution is -2.23. The Balaban J connectivity index is 2.92. The van der Waals surface area contributed by atoms with Crippen LogP contribution in [-0.2, 0) is 0 Å². The molecule has 0 heterocycles. The van der Waals surface area contributed by atoms with Crippen LogP contribution >= 0.6 is 0 Å². The number of aryl methyl sites for hydroxylation is 2. The van der Waals surface area contributed by atoms with Crippen LogP contribution in [0, 0.1) is 19.8 Å². The van der Waals surface area contributed by atoms with E-state index in [1.54, 1.807) is 0 Å². The van der Waals surface area contributed by atoms with Crippen molar-refractivity contribution < 1.29 is 0 Å². The van der Waals surface area contributed by atoms with Gasteiger partial charge in [-0.1, -0.05) is 44.9 Å². The zero-order valence-corrected chi connectivity index (χ0v) is 12.0. The molecule has 0 radical (unpaired) electrons. The Morgan fingerprint density at radius 1 is 1.18 bits per heavy atom. The first kappa shape index (κ1) is 14.2. The molecular formula is C16H27N. The largest absolute Gasteiger partial charge is 0.319 e. The van der Waals surface area contributed by atoms with Crippen molar-refractivity contribution >= 4 is 0 Å². The molecule has 0 amide bonds. The summed E-state index contributed by atoms with van der Waals surface area (Å²) in [7, 11) is 2.05. The quantitative estimate of drug-likeness (QED) is 0.782. The molecule has 2 atom stereocenters. The SMILES string of the molecule is CCCC(C)C(CNC)c1ccc(C)c(C)c1. The van der Waals surface area contributed by atoms with Crippen molar-refractivity contribution in [3.05, 3.63) is 34.9 Å². The van der Waals surface area contributed by atoms with E-state index in [0.29, 0.717) is 5.92 Å². The van der Waals surface area contributed by atoms with Crippen LogP contribution < -0.4 is 5.32 Å². The third-order valence-corrected chi connectivity index (χ3v) is 3.81. The molecule has 0 fully saturated rings. The number of hydrogen-bond donors (Lipinski definition) is 1. The van der Waals surface area contributed by atoms with Crippen molar-refractivity contribution in [3.63, 3.8) is 0 Å². The molecule has 1 nitrogen and oxygen atoms in total. The Hall–Kier alpha value is -0.820. The highest BCUT2D eigenvalue weighted by Gasteiger charge is 2.18. The van der Waals surface area contributed by atoms with E-state index in [-0.39, 0.29) is 0 Å². The first-order valence-corrected chi connectivity index (χ1v) is 6.81. The van der Waals surface area contributed by atoms with Gasteiger partial charge >= 0.3 is 0 Å². The average molecular weight is 233 g/mol. The lowest BCUT2D eigenvalue weighted by atomic mass is 9.83. The summed E-state index contributed by atoms with van der Waals surface area (Å²) in [6.07, 6.45) is 2.57. The molecule has 1 heteroatoms. The molecule has 1 aromatic rings. The van der Waals surface area contributed by atoms with Crippen molar-refractivity contribution in [2.24, 2.45) is 5.92 Å². The highest BCUT2D eigenvalue weighted by atomic mass is 14.8. The van der Waals surface area contributed by atoms with E-state index in [0.717, 1.165) is 12.5 Å². The average Bonchev–Trinajstić information content (AvgIpc) is 2.30. The molecule has 0 aliphatic heterocycles. The zero-order valence-electron chi connectivity index (χ0n) is 12.0. The first-order chi connectivity index (χ1) is 8.10. The Morgan fingerprint density at radius 2 is 1.88 bits per heavy atom. The second-order valence-corrected chi connectivity index (χ2v) is 5.27. The van der Waals surface area contributed by atoms with Gasteiger partial charge < -0.3 is 5.32 Å². The van der Waals surface area contributed by atoms with E-state index in [4.69, 9.17) is 0 Å². The Kier molecular flexibility index (Phi) is 5.70. The van der Waals surface area contributed by atoms with Crippen LogP contribution in [0.4, 0.5) is 0 Å². The van der Waals surface area contributed by atoms with Gasteiger partial charge in [-0.3, -0.25) is 0 Å². The highest BCUT2D eigenvalue weighted by Crippen LogP contribution is 2.28. The molecule has 0 aliphatic carbocycles. The van der Waals surface area contributed by atoms with Gasteiger partial charge in [-0.05, 0) is 49.4 Å². The van der Waals surface area contributed by atoms with Gasteiger partial charge in [-0.25, -0.2) is 0 Å². The van der Waals surface area contributed by atoms with Crippen LogP contribution in [0.2, 0.25) is 0 Å². The van der Waals surface area contributed by atoms with E-state index in [2.05, 4.69) is 51.2 Å². The summed E-state index contributed by atoms with van der Waals surface area (Å²) in [5, 5.41) is 3.34. The van der Waals surface area contributed by atoms with Crippen molar-refractivity contribution in [2.75, 3.05) is 13.6 Å². The lowest BCUT2D eigenvalue weighted by Gasteiger charge is -2.24. The first-order valence-electron chi connectivity index (χ1n) is 6.81. The van der Waals surface area contributed by atoms with Gasteiger partial charge in [-0.2, -0.15) is 0 Å². The monoisotopic (exact) mass is 233 g/mol. The molecule has 0 bridgehead atoms. The minimum Gasteiger partial charge on any atom is -0.319 e. The topological polar surface area (TPSA) is 12.0 Å². The molecule has 0 spiro atoms. The van der Waals surface area contributed by atoms with E-state index >= 15 is 0 Å². The molecule has 96 valence electrons. The fourth-order valence-electron chi connectivity index (χ4n) is 2.52. The van der Waals surface area contributed by atoms with E-state index in [1.807, 2.05) is 7.05 Å². The number of rotatable bonds is 6. The normalized spacial score (nSPS) is 14.6. The number of benzene rings is 1. The van der Waals surface area contributed by atoms with Gasteiger partial charge in [0.15, 0.2) is 0 Å². The summed E-state index contributed by atoms with van der Waals surface area (Å²) in [5.41, 5.74) is 4.29. The maximum Gasteiger partial charge on any atom is 0.00197 e. The molecule has 2 unspecified atom stereocenters. The molecule has 0 aliphatic rings. The van der Waals surface area contributed by atoms with Crippen molar-refractivity contribution in [2.45, 2.75) is 46.5 Å². The highest BCUT2D eigenvalue weighted by molar-refractivity contribution is 5.32. The van der Waals surface area contributed by atoms with Crippen LogP contribution in [0.3, 0.4) is 0 Å². The smallest absolute Gasteiger partial charge is 0.00197 e. The molecule has 1 aromatic carbocycles. The van der Waals surface area contributed by atoms with Crippen LogP contribution in [0.1, 0.15) is 49.3 Å². The van der Waals surface area contributed by atoms with E-state index in [1.165, 1.54) is 29.5 Å². The molecule has 17 heavy (non-hydrogen) atoms. The predicted molar refractivity (Wildman–Crippen MR) is 76.7 cm³/mol. The van der Waals surface area contributed by atoms with Gasteiger partial charge in [0.25, 0.3) is 0 Å². The van der Waals surface area contributed by atoms with E-state index < -0.39 is 0 Å². The molecule has 1 N–H and O–H groups in total. The molecule has 0 aromatic heterocycles. The van der Waals surface area contributed by atoms with Gasteiger partial charge in [0.1, 0.15) is 0 Å². The summed E-state index contributed by atoms with van der Waals surface area (Å²) < 4.78 is 0. The fraction of sp³-hybridized carbons (Fsp3) is 0.625. The second-order valence-electron chi connectivity index (χ2n) is 5.27. The minimum atomic E-state index is 0.638. The Morgan fingerprint density at radius 3 is 2.41 bits per heavy atom. The third-order valence-electron chi connectivity index (χ3n) is 3.81. The molecule has 1 rings (SSSR count). The second kappa shape index (κ2) is 6.80. The standard InChI is InChI=1S/C16H27N/c1-6-7-13(3)16(11-17-5)15-9-8-12(2)14(4)10-15/h8-10,13,16-17H,6-7,11H2,1-5H3. The summed E-state index contributed by atoms with van der Waals surface area (Å²) >= 11 is 0. The van der Waals surface area contributed by atoms with Crippen LogP contribution in [0.25, 0.3) is 0 Å². The fourth-order valence-corrected chi connectivity index (χ4v) is 2.52. The lowest BCUT2D eigenvalue weighted by molar-refractivity contribution is 0.412. The van der Waals surface area contributed by atoms with Gasteiger partial charge in [-0.15, -0.1) is 0 Å². The van der Waals surface area contributed by atoms with E-state index in [9.17, 15) is 0 Å². The minimum absolute atomic E-state index is 0.638. The summed E-state index contributed by atoms with van der Waals surface area (Å²) in [6.45, 7) is 10.1. The summed E-state index contributed by atoms with van der Waals surface area (Å²) in [5.74, 6) is 1.38. The Bertz CT molecular complexity index is 343. The Labute approximate surface area is 107 Å². The van der Waals surface area contributed by atoms with Gasteiger partial charge in [0, 0.05) is 6.54 Å². The van der Waals surface area contributed by atoms with Gasteiger partial charge in [0.05, 0.1) is 0 Å². The van der Waals surface area contributed by atoms with Crippen LogP contribution in [-0.4, -0.2) is 13.6 Å². The summed E-state index contributed by atoms with van der Waals surface area (Å²) in [6, 6.07) is 6.92. The maximum absolute atomic E-state index is 3.34. The van der Waals surface area contributed by atoms with Crippen molar-refractivity contribution in [1.82, 2.24) is 5.32 Å². The van der Waals surface area contributed by atoms with Crippen molar-refractivity contribution in [3.8, 4) is 0 Å². The third kappa shape index (κ3) is 3.85. The van der Waals surface area contributed by atoms with Gasteiger partial charge in [0.2, 0.25) is 0 Å². The predicted octanol–water partition coefficient (Wildman–Crippen LogP) is 4.04. The molecule has 0 saturated heterocycles. The number of nitrogens with one attached hydrogen (secondary N) is 1. The summed E-state index contributed by atoms with van der Waals surface area (Å²) in [4.78, 5) is 0. The number of likely N-dealkylation sites (N-methyl/N-ethyl adjacent to an activating group) is 1. The number of hydrogen-bond acceptors (Lipinski definition) is 1. The molecular weight excluding hydrogens is 206 g/mol. The molecule has 0 saturated carbocycles. The van der Waals surface area contributed by atoms with Crippen molar-refractivity contribution in [1.29, 1.82) is 0 Å². The zero-order chi connectivity index (χ0) is 12.8. The van der Waals surface area contributed by atoms with Crippen LogP contribution in [0.15, 0.2) is 18.2 Å². The maximum atomic E-state index is 3.34. The van der Waals surface area contributed by atoms with Crippen LogP contribution in [0.5, 0.6) is 0 Å².